The zero-order chi connectivity index (χ0) is 11.8. The first-order valence-electron chi connectivity index (χ1n) is 5.23. The predicted molar refractivity (Wildman–Crippen MR) is 61.4 cm³/mol. The second-order valence-corrected chi connectivity index (χ2v) is 4.63. The first kappa shape index (κ1) is 10.7. The fraction of sp³-hybridized carbons (Fsp3) is 0.455. The molecule has 1 heterocycles. The Hall–Kier alpha value is -1.78. The van der Waals surface area contributed by atoms with Crippen molar-refractivity contribution >= 4 is 17.5 Å². The van der Waals surface area contributed by atoms with Crippen molar-refractivity contribution in [3.8, 4) is 0 Å². The van der Waals surface area contributed by atoms with Crippen LogP contribution in [0.3, 0.4) is 0 Å². The highest BCUT2D eigenvalue weighted by molar-refractivity contribution is 5.94. The molecule has 0 atom stereocenters. The van der Waals surface area contributed by atoms with Crippen LogP contribution in [-0.4, -0.2) is 22.6 Å². The van der Waals surface area contributed by atoms with Crippen LogP contribution in [0.1, 0.15) is 30.1 Å². The predicted octanol–water partition coefficient (Wildman–Crippen LogP) is 1.57. The second-order valence-electron chi connectivity index (χ2n) is 4.63. The summed E-state index contributed by atoms with van der Waals surface area (Å²) >= 11 is 0. The van der Waals surface area contributed by atoms with Gasteiger partial charge in [0.25, 0.3) is 0 Å². The van der Waals surface area contributed by atoms with Crippen LogP contribution < -0.4 is 11.1 Å². The van der Waals surface area contributed by atoms with E-state index in [9.17, 15) is 4.79 Å². The summed E-state index contributed by atoms with van der Waals surface area (Å²) in [7, 11) is 0. The van der Waals surface area contributed by atoms with Gasteiger partial charge in [0.2, 0.25) is 0 Å². The van der Waals surface area contributed by atoms with Gasteiger partial charge in [-0.15, -0.1) is 0 Å². The molecule has 5 heteroatoms. The molecule has 1 fully saturated rings. The Morgan fingerprint density at radius 2 is 2.38 bits per heavy atom. The van der Waals surface area contributed by atoms with Crippen molar-refractivity contribution in [2.24, 2.45) is 5.41 Å². The number of nitrogens with one attached hydrogen (secondary N) is 1. The number of nitrogens with two attached hydrogens (primary N) is 1. The number of pyridine rings is 1. The Morgan fingerprint density at radius 3 is 2.94 bits per heavy atom. The molecule has 0 bridgehead atoms. The molecule has 86 valence electrons. The molecular weight excluding hydrogens is 206 g/mol. The molecule has 1 aliphatic rings. The molecule has 4 N–H and O–H groups in total. The molecule has 0 saturated heterocycles. The van der Waals surface area contributed by atoms with Crippen LogP contribution >= 0.6 is 0 Å². The number of rotatable bonds is 4. The summed E-state index contributed by atoms with van der Waals surface area (Å²) < 4.78 is 0. The van der Waals surface area contributed by atoms with E-state index in [4.69, 9.17) is 10.8 Å². The van der Waals surface area contributed by atoms with E-state index >= 15 is 0 Å². The number of carboxylic acid groups (broad SMARTS) is 1. The molecule has 1 aliphatic carbocycles. The number of carboxylic acids is 1. The van der Waals surface area contributed by atoms with Crippen LogP contribution in [0.25, 0.3) is 0 Å². The van der Waals surface area contributed by atoms with Gasteiger partial charge in [-0.2, -0.15) is 0 Å². The van der Waals surface area contributed by atoms with Crippen LogP contribution in [0.5, 0.6) is 0 Å². The lowest BCUT2D eigenvalue weighted by Crippen LogP contribution is -2.13. The van der Waals surface area contributed by atoms with Crippen LogP contribution in [0.2, 0.25) is 0 Å². The van der Waals surface area contributed by atoms with Gasteiger partial charge in [-0.3, -0.25) is 0 Å². The number of hydrogen-bond donors (Lipinski definition) is 3. The fourth-order valence-electron chi connectivity index (χ4n) is 1.44. The Labute approximate surface area is 93.7 Å². The smallest absolute Gasteiger partial charge is 0.337 e. The van der Waals surface area contributed by atoms with Gasteiger partial charge in [0, 0.05) is 6.54 Å². The monoisotopic (exact) mass is 221 g/mol. The van der Waals surface area contributed by atoms with E-state index in [1.165, 1.54) is 25.1 Å². The topological polar surface area (TPSA) is 88.2 Å². The lowest BCUT2D eigenvalue weighted by Gasteiger charge is -2.11. The van der Waals surface area contributed by atoms with Gasteiger partial charge in [-0.1, -0.05) is 6.92 Å². The van der Waals surface area contributed by atoms with Crippen molar-refractivity contribution in [2.45, 2.75) is 19.8 Å². The van der Waals surface area contributed by atoms with Crippen molar-refractivity contribution in [1.82, 2.24) is 4.98 Å². The molecule has 0 spiro atoms. The molecule has 1 aromatic rings. The molecule has 2 rings (SSSR count). The Balaban J connectivity index is 2.09. The summed E-state index contributed by atoms with van der Waals surface area (Å²) in [5.41, 5.74) is 6.15. The average molecular weight is 221 g/mol. The summed E-state index contributed by atoms with van der Waals surface area (Å²) in [6, 6.07) is 1.48. The van der Waals surface area contributed by atoms with Crippen LogP contribution in [-0.2, 0) is 0 Å². The van der Waals surface area contributed by atoms with Gasteiger partial charge in [-0.25, -0.2) is 9.78 Å². The molecule has 0 aromatic carbocycles. The van der Waals surface area contributed by atoms with Gasteiger partial charge < -0.3 is 16.2 Å². The minimum Gasteiger partial charge on any atom is -0.478 e. The summed E-state index contributed by atoms with van der Waals surface area (Å²) in [5.74, 6) is -0.458. The summed E-state index contributed by atoms with van der Waals surface area (Å²) in [6.07, 6.45) is 3.79. The number of hydrogen-bond acceptors (Lipinski definition) is 4. The van der Waals surface area contributed by atoms with Crippen molar-refractivity contribution in [3.63, 3.8) is 0 Å². The molecule has 0 aliphatic heterocycles. The van der Waals surface area contributed by atoms with Gasteiger partial charge in [0.15, 0.2) is 0 Å². The van der Waals surface area contributed by atoms with E-state index in [0.29, 0.717) is 11.2 Å². The second kappa shape index (κ2) is 3.66. The number of aromatic nitrogens is 1. The third-order valence-electron chi connectivity index (χ3n) is 2.97. The van der Waals surface area contributed by atoms with Crippen molar-refractivity contribution < 1.29 is 9.90 Å². The fourth-order valence-corrected chi connectivity index (χ4v) is 1.44. The van der Waals surface area contributed by atoms with E-state index in [-0.39, 0.29) is 11.3 Å². The highest BCUT2D eigenvalue weighted by Gasteiger charge is 2.36. The quantitative estimate of drug-likeness (QED) is 0.718. The Kier molecular flexibility index (Phi) is 2.46. The number of nitrogens with zero attached hydrogens (tertiary/aromatic N) is 1. The number of carbonyl (C=O) groups is 1. The van der Waals surface area contributed by atoms with Gasteiger partial charge in [0.1, 0.15) is 5.82 Å². The first-order chi connectivity index (χ1) is 7.50. The number of anilines is 2. The van der Waals surface area contributed by atoms with Crippen molar-refractivity contribution in [3.05, 3.63) is 17.8 Å². The lowest BCUT2D eigenvalue weighted by atomic mass is 10.1. The summed E-state index contributed by atoms with van der Waals surface area (Å²) in [5, 5.41) is 12.0. The molecule has 0 amide bonds. The Morgan fingerprint density at radius 1 is 1.69 bits per heavy atom. The summed E-state index contributed by atoms with van der Waals surface area (Å²) in [6.45, 7) is 3.01. The first-order valence-corrected chi connectivity index (χ1v) is 5.23. The van der Waals surface area contributed by atoms with E-state index in [2.05, 4.69) is 17.2 Å². The number of aromatic carboxylic acids is 1. The maximum Gasteiger partial charge on any atom is 0.337 e. The van der Waals surface area contributed by atoms with E-state index in [1.807, 2.05) is 0 Å². The average Bonchev–Trinajstić information content (AvgIpc) is 2.96. The molecule has 1 aromatic heterocycles. The molecule has 0 unspecified atom stereocenters. The molecule has 1 saturated carbocycles. The highest BCUT2D eigenvalue weighted by Crippen LogP contribution is 2.44. The third-order valence-corrected chi connectivity index (χ3v) is 2.97. The Bertz CT molecular complexity index is 427. The SMILES string of the molecule is CC1(CNc2cc(C(=O)O)c(N)cn2)CC1. The molecule has 0 radical (unpaired) electrons. The van der Waals surface area contributed by atoms with Gasteiger partial charge in [-0.05, 0) is 24.3 Å². The molecular formula is C11H15N3O2. The van der Waals surface area contributed by atoms with E-state index in [0.717, 1.165) is 6.54 Å². The molecule has 16 heavy (non-hydrogen) atoms. The molecule has 5 nitrogen and oxygen atoms in total. The van der Waals surface area contributed by atoms with E-state index in [1.54, 1.807) is 0 Å². The largest absolute Gasteiger partial charge is 0.478 e. The minimum absolute atomic E-state index is 0.0958. The third kappa shape index (κ3) is 2.24. The lowest BCUT2D eigenvalue weighted by molar-refractivity contribution is 0.0698. The van der Waals surface area contributed by atoms with Crippen LogP contribution in [0.4, 0.5) is 11.5 Å². The van der Waals surface area contributed by atoms with Crippen LogP contribution in [0, 0.1) is 5.41 Å². The zero-order valence-corrected chi connectivity index (χ0v) is 9.16. The van der Waals surface area contributed by atoms with E-state index < -0.39 is 5.97 Å². The maximum absolute atomic E-state index is 10.9. The van der Waals surface area contributed by atoms with Gasteiger partial charge in [0.05, 0.1) is 17.4 Å². The maximum atomic E-state index is 10.9. The zero-order valence-electron chi connectivity index (χ0n) is 9.16. The standard InChI is InChI=1S/C11H15N3O2/c1-11(2-3-11)6-14-9-4-7(10(15)16)8(12)5-13-9/h4-5H,2-3,6,12H2,1H3,(H,13,14)(H,15,16). The number of nitrogen functional groups attached to an aromatic ring is 1. The van der Waals surface area contributed by atoms with Crippen molar-refractivity contribution in [1.29, 1.82) is 0 Å². The summed E-state index contributed by atoms with van der Waals surface area (Å²) in [4.78, 5) is 14.9. The van der Waals surface area contributed by atoms with Crippen molar-refractivity contribution in [2.75, 3.05) is 17.6 Å². The normalized spacial score (nSPS) is 16.8. The van der Waals surface area contributed by atoms with Crippen LogP contribution in [0.15, 0.2) is 12.3 Å². The van der Waals surface area contributed by atoms with Gasteiger partial charge >= 0.3 is 5.97 Å². The highest BCUT2D eigenvalue weighted by atomic mass is 16.4. The minimum atomic E-state index is -1.03.